The summed E-state index contributed by atoms with van der Waals surface area (Å²) in [7, 11) is 0. The molecule has 0 amide bonds. The fourth-order valence-electron chi connectivity index (χ4n) is 2.78. The Hall–Kier alpha value is -2.21. The normalized spacial score (nSPS) is 14.1. The van der Waals surface area contributed by atoms with E-state index in [9.17, 15) is 4.39 Å². The van der Waals surface area contributed by atoms with Gasteiger partial charge in [0.25, 0.3) is 0 Å². The van der Waals surface area contributed by atoms with Crippen LogP contribution in [0.3, 0.4) is 0 Å². The quantitative estimate of drug-likeness (QED) is 0.558. The van der Waals surface area contributed by atoms with Crippen molar-refractivity contribution in [1.82, 2.24) is 19.9 Å². The van der Waals surface area contributed by atoms with Gasteiger partial charge in [-0.3, -0.25) is 0 Å². The van der Waals surface area contributed by atoms with Crippen molar-refractivity contribution < 1.29 is 4.39 Å². The molecule has 4 rings (SSSR count). The Labute approximate surface area is 144 Å². The first-order valence-electron chi connectivity index (χ1n) is 7.88. The highest BCUT2D eigenvalue weighted by atomic mass is 32.2. The molecule has 1 aliphatic rings. The van der Waals surface area contributed by atoms with Crippen molar-refractivity contribution in [3.05, 3.63) is 47.8 Å². The molecule has 122 valence electrons. The van der Waals surface area contributed by atoms with Gasteiger partial charge >= 0.3 is 0 Å². The summed E-state index contributed by atoms with van der Waals surface area (Å²) in [5.74, 6) is 1.85. The smallest absolute Gasteiger partial charge is 0.173 e. The molecular formula is C18H17FN4S. The van der Waals surface area contributed by atoms with Gasteiger partial charge in [0.2, 0.25) is 0 Å². The van der Waals surface area contributed by atoms with Gasteiger partial charge in [-0.25, -0.2) is 19.3 Å². The van der Waals surface area contributed by atoms with E-state index >= 15 is 0 Å². The number of nitrogens with one attached hydrogen (secondary N) is 1. The largest absolute Gasteiger partial charge is 0.342 e. The Bertz CT molecular complexity index is 902. The van der Waals surface area contributed by atoms with E-state index in [0.717, 1.165) is 28.2 Å². The lowest BCUT2D eigenvalue weighted by molar-refractivity contribution is 0.580. The summed E-state index contributed by atoms with van der Waals surface area (Å²) in [5, 5.41) is 0.365. The van der Waals surface area contributed by atoms with Crippen molar-refractivity contribution in [3.8, 4) is 22.6 Å². The summed E-state index contributed by atoms with van der Waals surface area (Å²) in [6.07, 6.45) is 7.39. The van der Waals surface area contributed by atoms with Crippen LogP contribution in [-0.4, -0.2) is 26.2 Å². The predicted octanol–water partition coefficient (Wildman–Crippen LogP) is 4.58. The predicted molar refractivity (Wildman–Crippen MR) is 93.5 cm³/mol. The molecule has 2 heterocycles. The number of nitrogens with zero attached hydrogens (tertiary/aromatic N) is 3. The van der Waals surface area contributed by atoms with E-state index in [2.05, 4.69) is 26.9 Å². The minimum atomic E-state index is -0.385. The van der Waals surface area contributed by atoms with Crippen LogP contribution in [0.1, 0.15) is 30.1 Å². The van der Waals surface area contributed by atoms with Crippen LogP contribution in [-0.2, 0) is 0 Å². The zero-order valence-electron chi connectivity index (χ0n) is 13.5. The summed E-state index contributed by atoms with van der Waals surface area (Å²) >= 11 is 1.28. The molecule has 1 aliphatic carbocycles. The molecule has 0 aliphatic heterocycles. The SMILES string of the molecule is CSc1nc(-c2ccc(-c3cnc(C4CC4)[nH]3)c(C)c2)ncc1F. The summed E-state index contributed by atoms with van der Waals surface area (Å²) in [4.78, 5) is 16.3. The number of halogens is 1. The third kappa shape index (κ3) is 2.82. The van der Waals surface area contributed by atoms with E-state index in [1.54, 1.807) is 6.26 Å². The number of rotatable bonds is 4. The molecule has 1 saturated carbocycles. The van der Waals surface area contributed by atoms with Gasteiger partial charge < -0.3 is 4.98 Å². The van der Waals surface area contributed by atoms with Gasteiger partial charge in [-0.2, -0.15) is 0 Å². The lowest BCUT2D eigenvalue weighted by atomic mass is 10.0. The van der Waals surface area contributed by atoms with Crippen LogP contribution in [0, 0.1) is 12.7 Å². The lowest BCUT2D eigenvalue weighted by Gasteiger charge is -2.07. The second-order valence-corrected chi connectivity index (χ2v) is 6.83. The summed E-state index contributed by atoms with van der Waals surface area (Å²) in [5.41, 5.74) is 4.14. The second-order valence-electron chi connectivity index (χ2n) is 6.04. The first-order chi connectivity index (χ1) is 11.7. The number of benzene rings is 1. The van der Waals surface area contributed by atoms with E-state index in [1.165, 1.54) is 30.8 Å². The van der Waals surface area contributed by atoms with Crippen LogP contribution < -0.4 is 0 Å². The van der Waals surface area contributed by atoms with Crippen LogP contribution in [0.5, 0.6) is 0 Å². The molecule has 4 nitrogen and oxygen atoms in total. The molecular weight excluding hydrogens is 323 g/mol. The molecule has 1 fully saturated rings. The molecule has 6 heteroatoms. The van der Waals surface area contributed by atoms with Crippen LogP contribution in [0.4, 0.5) is 4.39 Å². The minimum absolute atomic E-state index is 0.365. The van der Waals surface area contributed by atoms with E-state index in [0.29, 0.717) is 16.8 Å². The van der Waals surface area contributed by atoms with Crippen molar-refractivity contribution in [1.29, 1.82) is 0 Å². The molecule has 2 aromatic heterocycles. The number of H-pyrrole nitrogens is 1. The average Bonchev–Trinajstić information content (AvgIpc) is 3.33. The Morgan fingerprint density at radius 2 is 2.04 bits per heavy atom. The standard InChI is InChI=1S/C18H17FN4S/c1-10-7-12(17-20-8-14(19)18(23-17)24-2)5-6-13(10)15-9-21-16(22-15)11-3-4-11/h5-9,11H,3-4H2,1-2H3,(H,21,22). The van der Waals surface area contributed by atoms with E-state index in [-0.39, 0.29) is 5.82 Å². The van der Waals surface area contributed by atoms with Crippen LogP contribution >= 0.6 is 11.8 Å². The first kappa shape index (κ1) is 15.3. The maximum Gasteiger partial charge on any atom is 0.173 e. The van der Waals surface area contributed by atoms with E-state index in [1.807, 2.05) is 24.4 Å². The number of aromatic nitrogens is 4. The number of hydrogen-bond donors (Lipinski definition) is 1. The molecule has 1 N–H and O–H groups in total. The average molecular weight is 340 g/mol. The number of imidazole rings is 1. The summed E-state index contributed by atoms with van der Waals surface area (Å²) < 4.78 is 13.6. The van der Waals surface area contributed by atoms with E-state index < -0.39 is 0 Å². The fraction of sp³-hybridized carbons (Fsp3) is 0.278. The number of hydrogen-bond acceptors (Lipinski definition) is 4. The van der Waals surface area contributed by atoms with Gasteiger partial charge in [0.1, 0.15) is 10.9 Å². The van der Waals surface area contributed by atoms with Gasteiger partial charge in [-0.1, -0.05) is 12.1 Å². The Morgan fingerprint density at radius 1 is 1.21 bits per heavy atom. The van der Waals surface area contributed by atoms with Crippen LogP contribution in [0.15, 0.2) is 35.6 Å². The van der Waals surface area contributed by atoms with Gasteiger partial charge in [-0.15, -0.1) is 11.8 Å². The highest BCUT2D eigenvalue weighted by Crippen LogP contribution is 2.39. The monoisotopic (exact) mass is 340 g/mol. The Kier molecular flexibility index (Phi) is 3.84. The Morgan fingerprint density at radius 3 is 2.75 bits per heavy atom. The molecule has 0 radical (unpaired) electrons. The summed E-state index contributed by atoms with van der Waals surface area (Å²) in [6, 6.07) is 6.04. The van der Waals surface area contributed by atoms with Crippen LogP contribution in [0.25, 0.3) is 22.6 Å². The van der Waals surface area contributed by atoms with Gasteiger partial charge in [0, 0.05) is 17.0 Å². The highest BCUT2D eigenvalue weighted by Gasteiger charge is 2.26. The van der Waals surface area contributed by atoms with Crippen molar-refractivity contribution in [3.63, 3.8) is 0 Å². The lowest BCUT2D eigenvalue weighted by Crippen LogP contribution is -1.95. The zero-order valence-corrected chi connectivity index (χ0v) is 14.3. The second kappa shape index (κ2) is 6.02. The van der Waals surface area contributed by atoms with Crippen LogP contribution in [0.2, 0.25) is 0 Å². The van der Waals surface area contributed by atoms with Gasteiger partial charge in [-0.05, 0) is 37.7 Å². The molecule has 0 saturated heterocycles. The van der Waals surface area contributed by atoms with Crippen molar-refractivity contribution in [2.75, 3.05) is 6.26 Å². The minimum Gasteiger partial charge on any atom is -0.342 e. The molecule has 3 aromatic rings. The molecule has 0 bridgehead atoms. The highest BCUT2D eigenvalue weighted by molar-refractivity contribution is 7.98. The number of thioether (sulfide) groups is 1. The third-order valence-corrected chi connectivity index (χ3v) is 4.91. The number of aromatic amines is 1. The maximum absolute atomic E-state index is 13.6. The summed E-state index contributed by atoms with van der Waals surface area (Å²) in [6.45, 7) is 2.05. The first-order valence-corrected chi connectivity index (χ1v) is 9.11. The van der Waals surface area contributed by atoms with Crippen molar-refractivity contribution in [2.45, 2.75) is 30.7 Å². The molecule has 0 spiro atoms. The van der Waals surface area contributed by atoms with Gasteiger partial charge in [0.05, 0.1) is 18.1 Å². The topological polar surface area (TPSA) is 54.5 Å². The fourth-order valence-corrected chi connectivity index (χ4v) is 3.20. The molecule has 0 atom stereocenters. The maximum atomic E-state index is 13.6. The Balaban J connectivity index is 1.68. The molecule has 24 heavy (non-hydrogen) atoms. The van der Waals surface area contributed by atoms with Crippen molar-refractivity contribution in [2.24, 2.45) is 0 Å². The van der Waals surface area contributed by atoms with Crippen molar-refractivity contribution >= 4 is 11.8 Å². The zero-order chi connectivity index (χ0) is 16.7. The van der Waals surface area contributed by atoms with Gasteiger partial charge in [0.15, 0.2) is 11.6 Å². The molecule has 1 aromatic carbocycles. The molecule has 0 unspecified atom stereocenters. The van der Waals surface area contributed by atoms with E-state index in [4.69, 9.17) is 0 Å². The third-order valence-electron chi connectivity index (χ3n) is 4.24. The number of aryl methyl sites for hydroxylation is 1.